The fourth-order valence-corrected chi connectivity index (χ4v) is 4.58. The van der Waals surface area contributed by atoms with Gasteiger partial charge in [-0.3, -0.25) is 0 Å². The van der Waals surface area contributed by atoms with Crippen LogP contribution in [0.3, 0.4) is 0 Å². The number of ether oxygens (including phenoxy) is 1. The van der Waals surface area contributed by atoms with Gasteiger partial charge in [-0.15, -0.1) is 0 Å². The second-order valence-electron chi connectivity index (χ2n) is 6.72. The van der Waals surface area contributed by atoms with Crippen molar-refractivity contribution in [2.24, 2.45) is 0 Å². The normalized spacial score (nSPS) is 19.6. The maximum Gasteiger partial charge on any atom is 0.215 e. The smallest absolute Gasteiger partial charge is 0.215 e. The van der Waals surface area contributed by atoms with Gasteiger partial charge in [-0.1, -0.05) is 6.07 Å². The van der Waals surface area contributed by atoms with Crippen molar-refractivity contribution in [3.63, 3.8) is 0 Å². The van der Waals surface area contributed by atoms with Gasteiger partial charge in [-0.25, -0.2) is 21.9 Å². The number of methoxy groups -OCH3 is 1. The minimum Gasteiger partial charge on any atom is -0.497 e. The van der Waals surface area contributed by atoms with Gasteiger partial charge in [0.2, 0.25) is 10.0 Å². The summed E-state index contributed by atoms with van der Waals surface area (Å²) < 4.78 is 59.2. The van der Waals surface area contributed by atoms with E-state index in [9.17, 15) is 22.3 Å². The molecule has 8 heteroatoms. The summed E-state index contributed by atoms with van der Waals surface area (Å²) in [5.74, 6) is -1.55. The van der Waals surface area contributed by atoms with Crippen molar-refractivity contribution in [1.82, 2.24) is 4.72 Å². The Bertz CT molecular complexity index is 949. The number of benzene rings is 2. The second-order valence-corrected chi connectivity index (χ2v) is 8.53. The summed E-state index contributed by atoms with van der Waals surface area (Å²) >= 11 is 0. The summed E-state index contributed by atoms with van der Waals surface area (Å²) in [7, 11) is -2.42. The molecule has 1 atom stereocenters. The fraction of sp³-hybridized carbons (Fsp3) is 0.368. The third-order valence-electron chi connectivity index (χ3n) is 4.79. The second kappa shape index (κ2) is 7.53. The van der Waals surface area contributed by atoms with E-state index in [1.54, 1.807) is 19.2 Å². The molecule has 5 nitrogen and oxygen atoms in total. The van der Waals surface area contributed by atoms with Crippen molar-refractivity contribution >= 4 is 10.0 Å². The van der Waals surface area contributed by atoms with E-state index in [0.717, 1.165) is 30.2 Å². The van der Waals surface area contributed by atoms with Gasteiger partial charge < -0.3 is 9.84 Å². The highest BCUT2D eigenvalue weighted by Gasteiger charge is 2.35. The lowest BCUT2D eigenvalue weighted by atomic mass is 9.79. The molecule has 2 aromatic carbocycles. The Morgan fingerprint density at radius 1 is 1.22 bits per heavy atom. The Labute approximate surface area is 157 Å². The quantitative estimate of drug-likeness (QED) is 0.786. The topological polar surface area (TPSA) is 75.6 Å². The van der Waals surface area contributed by atoms with Crippen LogP contribution in [0.2, 0.25) is 0 Å². The van der Waals surface area contributed by atoms with Crippen LogP contribution in [0.25, 0.3) is 0 Å². The molecule has 0 radical (unpaired) electrons. The molecule has 2 N–H and O–H groups in total. The molecule has 0 bridgehead atoms. The molecule has 27 heavy (non-hydrogen) atoms. The predicted molar refractivity (Wildman–Crippen MR) is 96.8 cm³/mol. The summed E-state index contributed by atoms with van der Waals surface area (Å²) in [4.78, 5) is 0. The zero-order valence-electron chi connectivity index (χ0n) is 14.8. The first kappa shape index (κ1) is 19.7. The number of hydrogen-bond donors (Lipinski definition) is 2. The number of nitrogens with one attached hydrogen (secondary N) is 1. The molecule has 3 rings (SSSR count). The number of hydrogen-bond acceptors (Lipinski definition) is 4. The number of fused-ring (bicyclic) bond motifs is 1. The predicted octanol–water partition coefficient (Wildman–Crippen LogP) is 2.62. The number of sulfonamides is 1. The maximum atomic E-state index is 13.7. The van der Waals surface area contributed by atoms with Crippen LogP contribution < -0.4 is 9.46 Å². The molecule has 0 aromatic heterocycles. The third kappa shape index (κ3) is 4.45. The third-order valence-corrected chi connectivity index (χ3v) is 6.06. The molecule has 1 aliphatic rings. The molecular formula is C19H21F2NO4S. The van der Waals surface area contributed by atoms with Crippen LogP contribution in [-0.2, 0) is 27.8 Å². The van der Waals surface area contributed by atoms with Crippen LogP contribution >= 0.6 is 0 Å². The molecule has 0 aliphatic heterocycles. The molecule has 0 unspecified atom stereocenters. The van der Waals surface area contributed by atoms with Crippen molar-refractivity contribution in [2.45, 2.75) is 30.6 Å². The molecule has 0 heterocycles. The number of aliphatic hydroxyl groups is 1. The SMILES string of the molecule is COc1ccc2c(c1)CCC[C@]2(O)CNS(=O)(=O)Cc1cc(F)ccc1F. The van der Waals surface area contributed by atoms with E-state index >= 15 is 0 Å². The van der Waals surface area contributed by atoms with Crippen molar-refractivity contribution in [1.29, 1.82) is 0 Å². The van der Waals surface area contributed by atoms with Gasteiger partial charge in [-0.05, 0) is 60.7 Å². The van der Waals surface area contributed by atoms with Gasteiger partial charge in [-0.2, -0.15) is 0 Å². The van der Waals surface area contributed by atoms with Crippen LogP contribution in [0, 0.1) is 11.6 Å². The van der Waals surface area contributed by atoms with E-state index in [-0.39, 0.29) is 12.1 Å². The maximum absolute atomic E-state index is 13.7. The zero-order chi connectivity index (χ0) is 19.7. The van der Waals surface area contributed by atoms with E-state index < -0.39 is 33.0 Å². The highest BCUT2D eigenvalue weighted by Crippen LogP contribution is 2.36. The Morgan fingerprint density at radius 3 is 2.74 bits per heavy atom. The van der Waals surface area contributed by atoms with Crippen molar-refractivity contribution in [3.05, 3.63) is 64.7 Å². The van der Waals surface area contributed by atoms with Gasteiger partial charge in [0.15, 0.2) is 0 Å². The molecule has 0 saturated heterocycles. The summed E-state index contributed by atoms with van der Waals surface area (Å²) in [6.45, 7) is -0.244. The molecule has 1 aliphatic carbocycles. The Balaban J connectivity index is 1.77. The molecular weight excluding hydrogens is 376 g/mol. The van der Waals surface area contributed by atoms with Gasteiger partial charge in [0.25, 0.3) is 0 Å². The first-order chi connectivity index (χ1) is 12.7. The number of halogens is 2. The Morgan fingerprint density at radius 2 is 2.00 bits per heavy atom. The van der Waals surface area contributed by atoms with Gasteiger partial charge in [0.05, 0.1) is 12.9 Å². The van der Waals surface area contributed by atoms with Crippen LogP contribution in [-0.4, -0.2) is 27.2 Å². The molecule has 0 amide bonds. The fourth-order valence-electron chi connectivity index (χ4n) is 3.39. The lowest BCUT2D eigenvalue weighted by Crippen LogP contribution is -2.43. The Kier molecular flexibility index (Phi) is 5.50. The van der Waals surface area contributed by atoms with Gasteiger partial charge in [0.1, 0.15) is 23.0 Å². The van der Waals surface area contributed by atoms with Crippen molar-refractivity contribution < 1.29 is 27.0 Å². The summed E-state index contributed by atoms with van der Waals surface area (Å²) in [6.07, 6.45) is 1.84. The molecule has 146 valence electrons. The van der Waals surface area contributed by atoms with Crippen molar-refractivity contribution in [3.8, 4) is 5.75 Å². The van der Waals surface area contributed by atoms with Crippen LogP contribution in [0.5, 0.6) is 5.75 Å². The Hall–Kier alpha value is -2.03. The number of aryl methyl sites for hydroxylation is 1. The zero-order valence-corrected chi connectivity index (χ0v) is 15.7. The van der Waals surface area contributed by atoms with Gasteiger partial charge >= 0.3 is 0 Å². The highest BCUT2D eigenvalue weighted by molar-refractivity contribution is 7.88. The lowest BCUT2D eigenvalue weighted by molar-refractivity contribution is 0.0242. The standard InChI is InChI=1S/C19H21F2NO4S/c1-26-16-5-6-17-13(10-16)3-2-8-19(17,23)12-22-27(24,25)11-14-9-15(20)4-7-18(14)21/h4-7,9-10,22-23H,2-3,8,11-12H2,1H3/t19-/m0/s1. The average Bonchev–Trinajstić information content (AvgIpc) is 2.63. The van der Waals surface area contributed by atoms with E-state index in [2.05, 4.69) is 4.72 Å². The molecule has 0 spiro atoms. The minimum atomic E-state index is -3.97. The summed E-state index contributed by atoms with van der Waals surface area (Å²) in [5.41, 5.74) is -0.0798. The first-order valence-corrected chi connectivity index (χ1v) is 10.2. The molecule has 2 aromatic rings. The minimum absolute atomic E-state index is 0.244. The van der Waals surface area contributed by atoms with Crippen LogP contribution in [0.15, 0.2) is 36.4 Å². The van der Waals surface area contributed by atoms with Gasteiger partial charge in [0, 0.05) is 12.1 Å². The summed E-state index contributed by atoms with van der Waals surface area (Å²) in [5, 5.41) is 11.0. The largest absolute Gasteiger partial charge is 0.497 e. The average molecular weight is 397 g/mol. The molecule has 0 fully saturated rings. The van der Waals surface area contributed by atoms with Crippen LogP contribution in [0.4, 0.5) is 8.78 Å². The van der Waals surface area contributed by atoms with E-state index in [1.807, 2.05) is 6.07 Å². The highest BCUT2D eigenvalue weighted by atomic mass is 32.2. The van der Waals surface area contributed by atoms with Crippen molar-refractivity contribution in [2.75, 3.05) is 13.7 Å². The van der Waals surface area contributed by atoms with Crippen LogP contribution in [0.1, 0.15) is 29.5 Å². The lowest BCUT2D eigenvalue weighted by Gasteiger charge is -2.34. The monoisotopic (exact) mass is 397 g/mol. The van der Waals surface area contributed by atoms with E-state index in [1.165, 1.54) is 0 Å². The first-order valence-electron chi connectivity index (χ1n) is 8.53. The van der Waals surface area contributed by atoms with E-state index in [4.69, 9.17) is 4.74 Å². The summed E-state index contributed by atoms with van der Waals surface area (Å²) in [6, 6.07) is 7.94. The molecule has 0 saturated carbocycles. The van der Waals surface area contributed by atoms with E-state index in [0.29, 0.717) is 24.2 Å². The number of rotatable bonds is 6.